The van der Waals surface area contributed by atoms with Gasteiger partial charge in [-0.3, -0.25) is 14.3 Å². The van der Waals surface area contributed by atoms with E-state index < -0.39 is 0 Å². The summed E-state index contributed by atoms with van der Waals surface area (Å²) in [5, 5.41) is 8.94. The maximum Gasteiger partial charge on any atom is 0.0923 e. The number of benzene rings is 1. The molecule has 5 heteroatoms. The van der Waals surface area contributed by atoms with Crippen LogP contribution in [-0.2, 0) is 13.6 Å². The summed E-state index contributed by atoms with van der Waals surface area (Å²) in [6, 6.07) is 16.5. The molecule has 0 radical (unpaired) electrons. The Hall–Kier alpha value is -3.21. The predicted octanol–water partition coefficient (Wildman–Crippen LogP) is 3.70. The summed E-state index contributed by atoms with van der Waals surface area (Å²) in [7, 11) is 1.92. The molecule has 0 atom stereocenters. The minimum atomic E-state index is 0.671. The summed E-state index contributed by atoms with van der Waals surface area (Å²) in [4.78, 5) is 4.54. The van der Waals surface area contributed by atoms with Crippen LogP contribution in [0, 0.1) is 6.92 Å². The summed E-state index contributed by atoms with van der Waals surface area (Å²) in [5.74, 6) is 0. The van der Waals surface area contributed by atoms with Crippen molar-refractivity contribution in [2.24, 2.45) is 7.05 Å². The lowest BCUT2D eigenvalue weighted by atomic mass is 10.0. The summed E-state index contributed by atoms with van der Waals surface area (Å²) < 4.78 is 3.74. The summed E-state index contributed by atoms with van der Waals surface area (Å²) >= 11 is 0. The van der Waals surface area contributed by atoms with Crippen LogP contribution >= 0.6 is 0 Å². The van der Waals surface area contributed by atoms with E-state index in [0.29, 0.717) is 6.54 Å². The lowest BCUT2D eigenvalue weighted by Gasteiger charge is -2.03. The standard InChI is InChI=1S/C20H19N5/c1-15-5-3-8-19(22-15)14-25-10-9-20(23-25)17-7-4-6-16(11-17)18-12-21-24(2)13-18/h3-13H,14H2,1-2H3. The second-order valence-electron chi connectivity index (χ2n) is 6.15. The van der Waals surface area contributed by atoms with Gasteiger partial charge >= 0.3 is 0 Å². The van der Waals surface area contributed by atoms with Gasteiger partial charge in [-0.2, -0.15) is 10.2 Å². The Morgan fingerprint density at radius 2 is 1.80 bits per heavy atom. The van der Waals surface area contributed by atoms with E-state index in [9.17, 15) is 0 Å². The highest BCUT2D eigenvalue weighted by atomic mass is 15.3. The number of aryl methyl sites for hydroxylation is 2. The molecule has 0 aliphatic carbocycles. The number of pyridine rings is 1. The zero-order chi connectivity index (χ0) is 17.2. The van der Waals surface area contributed by atoms with Crippen LogP contribution < -0.4 is 0 Å². The highest BCUT2D eigenvalue weighted by Gasteiger charge is 2.07. The first kappa shape index (κ1) is 15.3. The Morgan fingerprint density at radius 1 is 0.960 bits per heavy atom. The largest absolute Gasteiger partial charge is 0.275 e. The molecule has 3 heterocycles. The van der Waals surface area contributed by atoms with Crippen LogP contribution in [0.1, 0.15) is 11.4 Å². The van der Waals surface area contributed by atoms with Crippen molar-refractivity contribution in [2.45, 2.75) is 13.5 Å². The molecule has 0 aliphatic rings. The van der Waals surface area contributed by atoms with Gasteiger partial charge in [-0.25, -0.2) is 0 Å². The van der Waals surface area contributed by atoms with Gasteiger partial charge in [0.25, 0.3) is 0 Å². The van der Waals surface area contributed by atoms with E-state index in [-0.39, 0.29) is 0 Å². The summed E-state index contributed by atoms with van der Waals surface area (Å²) in [6.45, 7) is 2.67. The Labute approximate surface area is 146 Å². The van der Waals surface area contributed by atoms with Crippen LogP contribution in [0.5, 0.6) is 0 Å². The van der Waals surface area contributed by atoms with Crippen molar-refractivity contribution in [1.82, 2.24) is 24.5 Å². The molecule has 0 aliphatic heterocycles. The van der Waals surface area contributed by atoms with E-state index in [4.69, 9.17) is 5.10 Å². The van der Waals surface area contributed by atoms with Crippen molar-refractivity contribution >= 4 is 0 Å². The van der Waals surface area contributed by atoms with Gasteiger partial charge in [-0.1, -0.05) is 24.3 Å². The lowest BCUT2D eigenvalue weighted by molar-refractivity contribution is 0.673. The Kier molecular flexibility index (Phi) is 3.90. The van der Waals surface area contributed by atoms with Crippen LogP contribution in [-0.4, -0.2) is 24.5 Å². The Bertz CT molecular complexity index is 1010. The molecule has 0 saturated carbocycles. The van der Waals surface area contributed by atoms with Crippen molar-refractivity contribution < 1.29 is 0 Å². The minimum Gasteiger partial charge on any atom is -0.275 e. The molecule has 25 heavy (non-hydrogen) atoms. The fraction of sp³-hybridized carbons (Fsp3) is 0.150. The van der Waals surface area contributed by atoms with E-state index in [1.54, 1.807) is 0 Å². The highest BCUT2D eigenvalue weighted by Crippen LogP contribution is 2.25. The monoisotopic (exact) mass is 329 g/mol. The first-order chi connectivity index (χ1) is 12.2. The van der Waals surface area contributed by atoms with Gasteiger partial charge in [0.15, 0.2) is 0 Å². The average molecular weight is 329 g/mol. The molecule has 0 fully saturated rings. The maximum absolute atomic E-state index is 4.70. The van der Waals surface area contributed by atoms with Crippen molar-refractivity contribution in [2.75, 3.05) is 0 Å². The van der Waals surface area contributed by atoms with E-state index in [1.165, 1.54) is 0 Å². The van der Waals surface area contributed by atoms with Crippen molar-refractivity contribution in [3.05, 3.63) is 78.5 Å². The number of hydrogen-bond acceptors (Lipinski definition) is 3. The molecule has 0 amide bonds. The first-order valence-corrected chi connectivity index (χ1v) is 8.23. The van der Waals surface area contributed by atoms with E-state index in [0.717, 1.165) is 33.8 Å². The van der Waals surface area contributed by atoms with Crippen LogP contribution in [0.2, 0.25) is 0 Å². The smallest absolute Gasteiger partial charge is 0.0923 e. The van der Waals surface area contributed by atoms with E-state index in [1.807, 2.05) is 66.2 Å². The van der Waals surface area contributed by atoms with Gasteiger partial charge in [0.05, 0.1) is 24.1 Å². The second kappa shape index (κ2) is 6.36. The Balaban J connectivity index is 1.60. The summed E-state index contributed by atoms with van der Waals surface area (Å²) in [5.41, 5.74) is 6.33. The topological polar surface area (TPSA) is 48.5 Å². The molecule has 4 aromatic rings. The third-order valence-electron chi connectivity index (χ3n) is 4.11. The summed E-state index contributed by atoms with van der Waals surface area (Å²) in [6.07, 6.45) is 5.89. The second-order valence-corrected chi connectivity index (χ2v) is 6.15. The van der Waals surface area contributed by atoms with Crippen molar-refractivity contribution in [1.29, 1.82) is 0 Å². The quantitative estimate of drug-likeness (QED) is 0.573. The molecule has 0 spiro atoms. The molecule has 4 rings (SSSR count). The number of hydrogen-bond donors (Lipinski definition) is 0. The molecule has 0 N–H and O–H groups in total. The van der Waals surface area contributed by atoms with Gasteiger partial charge in [0.2, 0.25) is 0 Å². The van der Waals surface area contributed by atoms with Gasteiger partial charge in [-0.05, 0) is 36.8 Å². The minimum absolute atomic E-state index is 0.671. The normalized spacial score (nSPS) is 11.0. The zero-order valence-electron chi connectivity index (χ0n) is 14.3. The molecule has 0 saturated heterocycles. The van der Waals surface area contributed by atoms with Crippen LogP contribution in [0.25, 0.3) is 22.4 Å². The molecule has 1 aromatic carbocycles. The van der Waals surface area contributed by atoms with Gasteiger partial charge in [0, 0.05) is 36.3 Å². The van der Waals surface area contributed by atoms with Gasteiger partial charge < -0.3 is 0 Å². The van der Waals surface area contributed by atoms with Gasteiger partial charge in [-0.15, -0.1) is 0 Å². The average Bonchev–Trinajstić information content (AvgIpc) is 3.24. The third-order valence-corrected chi connectivity index (χ3v) is 4.11. The molecule has 0 bridgehead atoms. The third kappa shape index (κ3) is 3.35. The first-order valence-electron chi connectivity index (χ1n) is 8.23. The van der Waals surface area contributed by atoms with Crippen molar-refractivity contribution in [3.63, 3.8) is 0 Å². The SMILES string of the molecule is Cc1cccc(Cn2ccc(-c3cccc(-c4cnn(C)c4)c3)n2)n1. The molecular formula is C20H19N5. The van der Waals surface area contributed by atoms with Gasteiger partial charge in [0.1, 0.15) is 0 Å². The van der Waals surface area contributed by atoms with Crippen LogP contribution in [0.4, 0.5) is 0 Å². The fourth-order valence-electron chi connectivity index (χ4n) is 2.89. The molecule has 3 aromatic heterocycles. The highest BCUT2D eigenvalue weighted by molar-refractivity contribution is 5.70. The van der Waals surface area contributed by atoms with Crippen molar-refractivity contribution in [3.8, 4) is 22.4 Å². The zero-order valence-corrected chi connectivity index (χ0v) is 14.3. The fourth-order valence-corrected chi connectivity index (χ4v) is 2.89. The van der Waals surface area contributed by atoms with E-state index >= 15 is 0 Å². The number of nitrogens with zero attached hydrogens (tertiary/aromatic N) is 5. The van der Waals surface area contributed by atoms with E-state index in [2.05, 4.69) is 34.3 Å². The molecule has 124 valence electrons. The lowest BCUT2D eigenvalue weighted by Crippen LogP contribution is -2.03. The molecule has 5 nitrogen and oxygen atoms in total. The molecule has 0 unspecified atom stereocenters. The predicted molar refractivity (Wildman–Crippen MR) is 97.9 cm³/mol. The maximum atomic E-state index is 4.70. The number of rotatable bonds is 4. The van der Waals surface area contributed by atoms with Crippen LogP contribution in [0.15, 0.2) is 67.1 Å². The number of aromatic nitrogens is 5. The van der Waals surface area contributed by atoms with Crippen LogP contribution in [0.3, 0.4) is 0 Å². The Morgan fingerprint density at radius 3 is 2.60 bits per heavy atom. The molecular weight excluding hydrogens is 310 g/mol.